The Morgan fingerprint density at radius 3 is 2.76 bits per heavy atom. The van der Waals surface area contributed by atoms with Gasteiger partial charge in [0.1, 0.15) is 5.25 Å². The molecule has 0 saturated carbocycles. The van der Waals surface area contributed by atoms with Gasteiger partial charge in [-0.1, -0.05) is 0 Å². The third-order valence-electron chi connectivity index (χ3n) is 2.51. The van der Waals surface area contributed by atoms with Crippen LogP contribution in [0.15, 0.2) is 12.3 Å². The van der Waals surface area contributed by atoms with Crippen molar-refractivity contribution in [2.24, 2.45) is 0 Å². The number of aryl methyl sites for hydroxylation is 1. The summed E-state index contributed by atoms with van der Waals surface area (Å²) in [5.41, 5.74) is 0.648. The van der Waals surface area contributed by atoms with Gasteiger partial charge in [0, 0.05) is 24.9 Å². The second-order valence-corrected chi connectivity index (χ2v) is 5.42. The molecule has 8 heteroatoms. The summed E-state index contributed by atoms with van der Waals surface area (Å²) < 4.78 is 34.3. The maximum atomic E-state index is 12.8. The van der Waals surface area contributed by atoms with E-state index in [1.807, 2.05) is 0 Å². The first-order valence-corrected chi connectivity index (χ1v) is 6.36. The summed E-state index contributed by atoms with van der Waals surface area (Å²) in [6.45, 7) is 1.48. The Kier molecular flexibility index (Phi) is 2.82. The van der Waals surface area contributed by atoms with Crippen LogP contribution in [0.3, 0.4) is 0 Å². The second-order valence-electron chi connectivity index (χ2n) is 3.80. The predicted molar refractivity (Wildman–Crippen MR) is 57.6 cm³/mol. The van der Waals surface area contributed by atoms with Gasteiger partial charge in [-0.15, -0.1) is 3.89 Å². The first-order valence-electron chi connectivity index (χ1n) is 4.91. The van der Waals surface area contributed by atoms with E-state index in [0.717, 1.165) is 4.90 Å². The Hall–Kier alpha value is -1.57. The molecule has 0 aromatic carbocycles. The third-order valence-corrected chi connectivity index (χ3v) is 3.62. The summed E-state index contributed by atoms with van der Waals surface area (Å²) in [5, 5.41) is -1.32. The van der Waals surface area contributed by atoms with Crippen LogP contribution >= 0.6 is 0 Å². The van der Waals surface area contributed by atoms with Crippen LogP contribution in [0.2, 0.25) is 0 Å². The fourth-order valence-corrected chi connectivity index (χ4v) is 2.29. The minimum Gasteiger partial charge on any atom is -0.279 e. The molecule has 1 fully saturated rings. The van der Waals surface area contributed by atoms with Crippen LogP contribution in [0, 0.1) is 6.92 Å². The van der Waals surface area contributed by atoms with Crippen molar-refractivity contribution in [1.29, 1.82) is 0 Å². The van der Waals surface area contributed by atoms with E-state index in [2.05, 4.69) is 9.97 Å². The Bertz CT molecular complexity index is 560. The lowest BCUT2D eigenvalue weighted by molar-refractivity contribution is -0.117. The van der Waals surface area contributed by atoms with Gasteiger partial charge >= 0.3 is 10.2 Å². The van der Waals surface area contributed by atoms with Crippen molar-refractivity contribution in [2.45, 2.75) is 18.6 Å². The van der Waals surface area contributed by atoms with Crippen LogP contribution in [0.4, 0.5) is 9.83 Å². The van der Waals surface area contributed by atoms with E-state index in [-0.39, 0.29) is 18.9 Å². The summed E-state index contributed by atoms with van der Waals surface area (Å²) in [6, 6.07) is 1.65. The Balaban J connectivity index is 2.28. The SMILES string of the molecule is Cc1ccnc(N2CC(S(=O)(=O)F)CC2=O)n1. The van der Waals surface area contributed by atoms with E-state index in [1.165, 1.54) is 6.20 Å². The quantitative estimate of drug-likeness (QED) is 0.708. The van der Waals surface area contributed by atoms with E-state index in [9.17, 15) is 17.1 Å². The van der Waals surface area contributed by atoms with E-state index < -0.39 is 21.4 Å². The first kappa shape index (κ1) is 11.9. The molecule has 0 bridgehead atoms. The maximum Gasteiger partial charge on any atom is 0.307 e. The fourth-order valence-electron chi connectivity index (χ4n) is 1.62. The minimum absolute atomic E-state index is 0.112. The highest BCUT2D eigenvalue weighted by atomic mass is 32.3. The van der Waals surface area contributed by atoms with Gasteiger partial charge in [-0.25, -0.2) is 9.97 Å². The van der Waals surface area contributed by atoms with Crippen molar-refractivity contribution in [2.75, 3.05) is 11.4 Å². The molecule has 2 rings (SSSR count). The number of rotatable bonds is 2. The van der Waals surface area contributed by atoms with Crippen LogP contribution in [0.25, 0.3) is 0 Å². The first-order chi connectivity index (χ1) is 7.88. The number of halogens is 1. The van der Waals surface area contributed by atoms with Crippen molar-refractivity contribution in [3.8, 4) is 0 Å². The molecule has 92 valence electrons. The zero-order valence-corrected chi connectivity index (χ0v) is 9.82. The molecular formula is C9H10FN3O3S. The summed E-state index contributed by atoms with van der Waals surface area (Å²) in [7, 11) is -4.70. The topological polar surface area (TPSA) is 80.2 Å². The van der Waals surface area contributed by atoms with Crippen LogP contribution in [0.1, 0.15) is 12.1 Å². The van der Waals surface area contributed by atoms with E-state index in [4.69, 9.17) is 0 Å². The average molecular weight is 259 g/mol. The Morgan fingerprint density at radius 1 is 1.53 bits per heavy atom. The lowest BCUT2D eigenvalue weighted by Gasteiger charge is -2.13. The molecule has 17 heavy (non-hydrogen) atoms. The molecule has 1 amide bonds. The number of amides is 1. The average Bonchev–Trinajstić information content (AvgIpc) is 2.60. The lowest BCUT2D eigenvalue weighted by atomic mass is 10.4. The monoisotopic (exact) mass is 259 g/mol. The highest BCUT2D eigenvalue weighted by Gasteiger charge is 2.40. The molecule has 2 heterocycles. The van der Waals surface area contributed by atoms with Crippen LogP contribution in [0.5, 0.6) is 0 Å². The summed E-state index contributed by atoms with van der Waals surface area (Å²) >= 11 is 0. The number of hydrogen-bond acceptors (Lipinski definition) is 5. The van der Waals surface area contributed by atoms with E-state index in [0.29, 0.717) is 5.69 Å². The predicted octanol–water partition coefficient (Wildman–Crippen LogP) is 0.190. The molecule has 1 aliphatic rings. The molecule has 0 spiro atoms. The van der Waals surface area contributed by atoms with Crippen molar-refractivity contribution in [3.63, 3.8) is 0 Å². The number of anilines is 1. The number of hydrogen-bond donors (Lipinski definition) is 0. The van der Waals surface area contributed by atoms with Gasteiger partial charge in [-0.3, -0.25) is 9.69 Å². The lowest BCUT2D eigenvalue weighted by Crippen LogP contribution is -2.28. The molecule has 1 saturated heterocycles. The molecule has 0 aliphatic carbocycles. The van der Waals surface area contributed by atoms with Crippen LogP contribution in [-0.2, 0) is 15.0 Å². The molecule has 1 atom stereocenters. The zero-order valence-electron chi connectivity index (χ0n) is 9.00. The number of nitrogens with zero attached hydrogens (tertiary/aromatic N) is 3. The van der Waals surface area contributed by atoms with Gasteiger partial charge in [0.2, 0.25) is 11.9 Å². The van der Waals surface area contributed by atoms with Crippen LogP contribution < -0.4 is 4.90 Å². The van der Waals surface area contributed by atoms with Gasteiger partial charge in [0.15, 0.2) is 0 Å². The fraction of sp³-hybridized carbons (Fsp3) is 0.444. The number of aromatic nitrogens is 2. The van der Waals surface area contributed by atoms with Crippen molar-refractivity contribution in [3.05, 3.63) is 18.0 Å². The van der Waals surface area contributed by atoms with Crippen LogP contribution in [-0.4, -0.2) is 36.1 Å². The van der Waals surface area contributed by atoms with E-state index in [1.54, 1.807) is 13.0 Å². The Labute approximate surface area is 97.7 Å². The molecule has 1 unspecified atom stereocenters. The van der Waals surface area contributed by atoms with Crippen molar-refractivity contribution < 1.29 is 17.1 Å². The maximum absolute atomic E-state index is 12.8. The Morgan fingerprint density at radius 2 is 2.24 bits per heavy atom. The van der Waals surface area contributed by atoms with E-state index >= 15 is 0 Å². The minimum atomic E-state index is -4.70. The van der Waals surface area contributed by atoms with Gasteiger partial charge < -0.3 is 0 Å². The second kappa shape index (κ2) is 4.02. The van der Waals surface area contributed by atoms with Crippen molar-refractivity contribution in [1.82, 2.24) is 9.97 Å². The number of carbonyl (C=O) groups excluding carboxylic acids is 1. The zero-order chi connectivity index (χ0) is 12.6. The summed E-state index contributed by atoms with van der Waals surface area (Å²) in [5.74, 6) is -0.372. The van der Waals surface area contributed by atoms with Crippen molar-refractivity contribution >= 4 is 22.1 Å². The molecular weight excluding hydrogens is 249 g/mol. The molecule has 1 aromatic rings. The molecule has 1 aromatic heterocycles. The highest BCUT2D eigenvalue weighted by molar-refractivity contribution is 7.87. The molecule has 0 radical (unpaired) electrons. The molecule has 1 aliphatic heterocycles. The van der Waals surface area contributed by atoms with Gasteiger partial charge in [0.05, 0.1) is 0 Å². The van der Waals surface area contributed by atoms with Gasteiger partial charge in [-0.2, -0.15) is 8.42 Å². The van der Waals surface area contributed by atoms with Gasteiger partial charge in [-0.05, 0) is 13.0 Å². The molecule has 0 N–H and O–H groups in total. The van der Waals surface area contributed by atoms with Gasteiger partial charge in [0.25, 0.3) is 0 Å². The summed E-state index contributed by atoms with van der Waals surface area (Å²) in [4.78, 5) is 20.5. The molecule has 6 nitrogen and oxygen atoms in total. The normalized spacial score (nSPS) is 20.9. The smallest absolute Gasteiger partial charge is 0.279 e. The third kappa shape index (κ3) is 2.41. The summed E-state index contributed by atoms with van der Waals surface area (Å²) in [6.07, 6.45) is 1.10. The standard InChI is InChI=1S/C9H10FN3O3S/c1-6-2-3-11-9(12-6)13-5-7(4-8(13)14)17(10,15)16/h2-3,7H,4-5H2,1H3. The largest absolute Gasteiger partial charge is 0.307 e. The number of carbonyl (C=O) groups is 1. The highest BCUT2D eigenvalue weighted by Crippen LogP contribution is 2.23.